The first-order chi connectivity index (χ1) is 9.06. The second-order valence-corrected chi connectivity index (χ2v) is 6.22. The third kappa shape index (κ3) is 2.15. The van der Waals surface area contributed by atoms with Crippen LogP contribution in [0, 0.1) is 6.92 Å². The molecule has 19 heavy (non-hydrogen) atoms. The van der Waals surface area contributed by atoms with Crippen LogP contribution in [-0.4, -0.2) is 8.42 Å². The predicted molar refractivity (Wildman–Crippen MR) is 75.8 cm³/mol. The number of nitrogens with one attached hydrogen (secondary N) is 1. The van der Waals surface area contributed by atoms with Crippen molar-refractivity contribution in [1.82, 2.24) is 4.72 Å². The van der Waals surface area contributed by atoms with E-state index in [9.17, 15) is 8.42 Å². The maximum atomic E-state index is 12.2. The number of rotatable bonds is 1. The molecule has 0 atom stereocenters. The molecule has 0 radical (unpaired) electrons. The maximum Gasteiger partial charge on any atom is 0.262 e. The molecule has 0 amide bonds. The van der Waals surface area contributed by atoms with Crippen LogP contribution in [0.2, 0.25) is 0 Å². The molecule has 0 spiro atoms. The van der Waals surface area contributed by atoms with Gasteiger partial charge in [-0.2, -0.15) is 0 Å². The smallest absolute Gasteiger partial charge is 0.262 e. The van der Waals surface area contributed by atoms with Gasteiger partial charge in [0.1, 0.15) is 0 Å². The molecular weight excluding hydrogens is 258 g/mol. The van der Waals surface area contributed by atoms with E-state index >= 15 is 0 Å². The summed E-state index contributed by atoms with van der Waals surface area (Å²) < 4.78 is 27.1. The summed E-state index contributed by atoms with van der Waals surface area (Å²) in [6.07, 6.45) is 1.87. The fourth-order valence-electron chi connectivity index (χ4n) is 2.17. The van der Waals surface area contributed by atoms with Crippen LogP contribution in [0.25, 0.3) is 11.8 Å². The Bertz CT molecular complexity index is 762. The molecule has 2 aromatic rings. The summed E-state index contributed by atoms with van der Waals surface area (Å²) in [5, 5.41) is 0. The molecular formula is C15H13NO2S. The van der Waals surface area contributed by atoms with Gasteiger partial charge in [0.25, 0.3) is 10.0 Å². The molecule has 3 rings (SSSR count). The summed E-state index contributed by atoms with van der Waals surface area (Å²) in [5.41, 5.74) is 3.24. The van der Waals surface area contributed by atoms with E-state index in [0.29, 0.717) is 10.6 Å². The Morgan fingerprint density at radius 1 is 1.00 bits per heavy atom. The summed E-state index contributed by atoms with van der Waals surface area (Å²) >= 11 is 0. The third-order valence-corrected chi connectivity index (χ3v) is 4.52. The first-order valence-electron chi connectivity index (χ1n) is 5.97. The van der Waals surface area contributed by atoms with Crippen LogP contribution in [0.15, 0.2) is 53.4 Å². The highest BCUT2D eigenvalue weighted by Crippen LogP contribution is 2.28. The SMILES string of the molecule is Cc1ccc2c(c1)C=C(c1ccccc1)NS2(=O)=O. The highest BCUT2D eigenvalue weighted by molar-refractivity contribution is 7.90. The highest BCUT2D eigenvalue weighted by Gasteiger charge is 2.24. The van der Waals surface area contributed by atoms with Gasteiger partial charge in [-0.1, -0.05) is 48.0 Å². The van der Waals surface area contributed by atoms with E-state index in [1.54, 1.807) is 12.1 Å². The molecule has 1 N–H and O–H groups in total. The predicted octanol–water partition coefficient (Wildman–Crippen LogP) is 2.79. The number of hydrogen-bond donors (Lipinski definition) is 1. The average molecular weight is 271 g/mol. The lowest BCUT2D eigenvalue weighted by Crippen LogP contribution is -2.26. The Balaban J connectivity index is 2.21. The first kappa shape index (κ1) is 12.0. The Morgan fingerprint density at radius 2 is 1.74 bits per heavy atom. The zero-order valence-electron chi connectivity index (χ0n) is 10.4. The van der Waals surface area contributed by atoms with Crippen molar-refractivity contribution in [3.05, 3.63) is 65.2 Å². The van der Waals surface area contributed by atoms with Crippen molar-refractivity contribution in [2.45, 2.75) is 11.8 Å². The minimum atomic E-state index is -3.47. The Labute approximate surface area is 112 Å². The minimum Gasteiger partial charge on any atom is -0.279 e. The second-order valence-electron chi connectivity index (χ2n) is 4.57. The molecule has 0 saturated heterocycles. The molecule has 3 nitrogen and oxygen atoms in total. The van der Waals surface area contributed by atoms with Gasteiger partial charge in [0.2, 0.25) is 0 Å². The lowest BCUT2D eigenvalue weighted by molar-refractivity contribution is 0.591. The standard InChI is InChI=1S/C15H13NO2S/c1-11-7-8-15-13(9-11)10-14(16-19(15,17)18)12-5-3-2-4-6-12/h2-10,16H,1H3. The van der Waals surface area contributed by atoms with Gasteiger partial charge in [-0.05, 0) is 30.2 Å². The number of fused-ring (bicyclic) bond motifs is 1. The quantitative estimate of drug-likeness (QED) is 0.867. The molecule has 1 aliphatic heterocycles. The number of hydrogen-bond acceptors (Lipinski definition) is 2. The molecule has 0 unspecified atom stereocenters. The van der Waals surface area contributed by atoms with Gasteiger partial charge in [-0.25, -0.2) is 8.42 Å². The Hall–Kier alpha value is -2.07. The van der Waals surface area contributed by atoms with Crippen molar-refractivity contribution < 1.29 is 8.42 Å². The normalized spacial score (nSPS) is 16.2. The summed E-state index contributed by atoms with van der Waals surface area (Å²) in [5.74, 6) is 0. The largest absolute Gasteiger partial charge is 0.279 e. The molecule has 4 heteroatoms. The van der Waals surface area contributed by atoms with Crippen molar-refractivity contribution in [3.8, 4) is 0 Å². The third-order valence-electron chi connectivity index (χ3n) is 3.08. The van der Waals surface area contributed by atoms with Crippen LogP contribution in [0.1, 0.15) is 16.7 Å². The number of benzene rings is 2. The molecule has 0 saturated carbocycles. The lowest BCUT2D eigenvalue weighted by Gasteiger charge is -2.19. The number of aryl methyl sites for hydroxylation is 1. The van der Waals surface area contributed by atoms with Gasteiger partial charge in [0.05, 0.1) is 10.6 Å². The Kier molecular flexibility index (Phi) is 2.68. The van der Waals surface area contributed by atoms with Crippen molar-refractivity contribution in [3.63, 3.8) is 0 Å². The highest BCUT2D eigenvalue weighted by atomic mass is 32.2. The van der Waals surface area contributed by atoms with Crippen molar-refractivity contribution in [2.24, 2.45) is 0 Å². The van der Waals surface area contributed by atoms with Gasteiger partial charge in [-0.3, -0.25) is 4.72 Å². The molecule has 1 aliphatic rings. The first-order valence-corrected chi connectivity index (χ1v) is 7.45. The Morgan fingerprint density at radius 3 is 2.47 bits per heavy atom. The summed E-state index contributed by atoms with van der Waals surface area (Å²) in [6.45, 7) is 1.95. The van der Waals surface area contributed by atoms with E-state index in [1.807, 2.05) is 49.4 Å². The molecule has 0 fully saturated rings. The van der Waals surface area contributed by atoms with E-state index in [2.05, 4.69) is 4.72 Å². The average Bonchev–Trinajstić information content (AvgIpc) is 2.38. The van der Waals surface area contributed by atoms with Crippen molar-refractivity contribution in [2.75, 3.05) is 0 Å². The summed E-state index contributed by atoms with van der Waals surface area (Å²) in [7, 11) is -3.47. The van der Waals surface area contributed by atoms with Gasteiger partial charge in [-0.15, -0.1) is 0 Å². The van der Waals surface area contributed by atoms with Crippen LogP contribution < -0.4 is 4.72 Å². The van der Waals surface area contributed by atoms with Crippen LogP contribution in [0.3, 0.4) is 0 Å². The maximum absolute atomic E-state index is 12.2. The van der Waals surface area contributed by atoms with E-state index in [1.165, 1.54) is 0 Å². The molecule has 0 bridgehead atoms. The molecule has 1 heterocycles. The van der Waals surface area contributed by atoms with Crippen molar-refractivity contribution >= 4 is 21.8 Å². The fourth-order valence-corrected chi connectivity index (χ4v) is 3.42. The number of sulfonamides is 1. The van der Waals surface area contributed by atoms with E-state index in [-0.39, 0.29) is 0 Å². The van der Waals surface area contributed by atoms with Crippen LogP contribution in [0.5, 0.6) is 0 Å². The molecule has 0 aliphatic carbocycles. The molecule has 0 aromatic heterocycles. The zero-order valence-corrected chi connectivity index (χ0v) is 11.2. The zero-order chi connectivity index (χ0) is 13.5. The van der Waals surface area contributed by atoms with Gasteiger partial charge in [0.15, 0.2) is 0 Å². The minimum absolute atomic E-state index is 0.331. The van der Waals surface area contributed by atoms with E-state index < -0.39 is 10.0 Å². The summed E-state index contributed by atoms with van der Waals surface area (Å²) in [4.78, 5) is 0.331. The van der Waals surface area contributed by atoms with Gasteiger partial charge < -0.3 is 0 Å². The fraction of sp³-hybridized carbons (Fsp3) is 0.0667. The van der Waals surface area contributed by atoms with Crippen LogP contribution in [-0.2, 0) is 10.0 Å². The molecule has 2 aromatic carbocycles. The summed E-state index contributed by atoms with van der Waals surface area (Å²) in [6, 6.07) is 14.8. The van der Waals surface area contributed by atoms with Gasteiger partial charge >= 0.3 is 0 Å². The monoisotopic (exact) mass is 271 g/mol. The second kappa shape index (κ2) is 4.24. The molecule has 96 valence electrons. The topological polar surface area (TPSA) is 46.2 Å². The van der Waals surface area contributed by atoms with Crippen LogP contribution in [0.4, 0.5) is 0 Å². The van der Waals surface area contributed by atoms with E-state index in [0.717, 1.165) is 16.7 Å². The lowest BCUT2D eigenvalue weighted by atomic mass is 10.1. The van der Waals surface area contributed by atoms with Gasteiger partial charge in [0, 0.05) is 0 Å². The van der Waals surface area contributed by atoms with E-state index in [4.69, 9.17) is 0 Å². The van der Waals surface area contributed by atoms with Crippen LogP contribution >= 0.6 is 0 Å². The van der Waals surface area contributed by atoms with Crippen molar-refractivity contribution in [1.29, 1.82) is 0 Å².